The van der Waals surface area contributed by atoms with Gasteiger partial charge in [0.15, 0.2) is 0 Å². The molecule has 2 amide bonds. The smallest absolute Gasteiger partial charge is 0.253 e. The predicted molar refractivity (Wildman–Crippen MR) is 103 cm³/mol. The molecule has 1 atom stereocenters. The Kier molecular flexibility index (Phi) is 5.23. The number of nitrogens with zero attached hydrogens (tertiary/aromatic N) is 2. The lowest BCUT2D eigenvalue weighted by molar-refractivity contribution is -0.119. The second-order valence-electron chi connectivity index (χ2n) is 7.62. The third-order valence-electron chi connectivity index (χ3n) is 5.79. The first-order valence-electron chi connectivity index (χ1n) is 9.91. The molecule has 0 unspecified atom stereocenters. The Morgan fingerprint density at radius 1 is 1.07 bits per heavy atom. The van der Waals surface area contributed by atoms with Crippen LogP contribution >= 0.6 is 0 Å². The van der Waals surface area contributed by atoms with Crippen LogP contribution in [0.3, 0.4) is 0 Å². The second-order valence-corrected chi connectivity index (χ2v) is 7.62. The third-order valence-corrected chi connectivity index (χ3v) is 5.79. The molecular weight excluding hydrogens is 340 g/mol. The average molecular weight is 366 g/mol. The van der Waals surface area contributed by atoms with Gasteiger partial charge in [-0.15, -0.1) is 0 Å². The summed E-state index contributed by atoms with van der Waals surface area (Å²) in [7, 11) is 0. The van der Waals surface area contributed by atoms with Gasteiger partial charge in [-0.2, -0.15) is 5.10 Å². The molecule has 1 aliphatic carbocycles. The van der Waals surface area contributed by atoms with Crippen molar-refractivity contribution in [1.29, 1.82) is 0 Å². The highest BCUT2D eigenvalue weighted by Crippen LogP contribution is 2.32. The maximum absolute atomic E-state index is 12.8. The number of carbonyl (C=O) groups is 2. The maximum Gasteiger partial charge on any atom is 0.253 e. The molecule has 1 aromatic carbocycles. The van der Waals surface area contributed by atoms with Crippen LogP contribution in [0.2, 0.25) is 0 Å². The van der Waals surface area contributed by atoms with E-state index in [0.29, 0.717) is 6.54 Å². The number of likely N-dealkylation sites (tertiary alicyclic amines) is 1. The van der Waals surface area contributed by atoms with E-state index in [-0.39, 0.29) is 23.7 Å². The number of carbonyl (C=O) groups excluding carboxylic acids is 2. The monoisotopic (exact) mass is 366 g/mol. The van der Waals surface area contributed by atoms with Crippen molar-refractivity contribution in [3.05, 3.63) is 47.8 Å². The summed E-state index contributed by atoms with van der Waals surface area (Å²) in [5.41, 5.74) is 2.43. The van der Waals surface area contributed by atoms with Gasteiger partial charge in [0.25, 0.3) is 5.91 Å². The van der Waals surface area contributed by atoms with E-state index in [9.17, 15) is 9.59 Å². The molecule has 0 spiro atoms. The zero-order valence-electron chi connectivity index (χ0n) is 15.5. The molecule has 1 saturated heterocycles. The van der Waals surface area contributed by atoms with Crippen molar-refractivity contribution in [2.24, 2.45) is 5.92 Å². The van der Waals surface area contributed by atoms with Gasteiger partial charge in [0, 0.05) is 30.5 Å². The van der Waals surface area contributed by atoms with Crippen LogP contribution < -0.4 is 5.32 Å². The molecule has 6 nitrogen and oxygen atoms in total. The van der Waals surface area contributed by atoms with Gasteiger partial charge in [-0.25, -0.2) is 0 Å². The van der Waals surface area contributed by atoms with E-state index in [0.717, 1.165) is 62.0 Å². The molecule has 1 aromatic heterocycles. The molecule has 1 saturated carbocycles. The van der Waals surface area contributed by atoms with Crippen molar-refractivity contribution in [3.63, 3.8) is 0 Å². The largest absolute Gasteiger partial charge is 0.338 e. The minimum Gasteiger partial charge on any atom is -0.338 e. The number of hydrogen-bond acceptors (Lipinski definition) is 3. The van der Waals surface area contributed by atoms with E-state index >= 15 is 0 Å². The van der Waals surface area contributed by atoms with Crippen LogP contribution in [0, 0.1) is 5.92 Å². The van der Waals surface area contributed by atoms with Gasteiger partial charge < -0.3 is 10.2 Å². The number of hydrogen-bond donors (Lipinski definition) is 2. The second kappa shape index (κ2) is 7.94. The Morgan fingerprint density at radius 3 is 2.63 bits per heavy atom. The van der Waals surface area contributed by atoms with Crippen molar-refractivity contribution in [2.75, 3.05) is 18.4 Å². The Morgan fingerprint density at radius 2 is 1.85 bits per heavy atom. The fourth-order valence-corrected chi connectivity index (χ4v) is 4.29. The molecule has 0 bridgehead atoms. The van der Waals surface area contributed by atoms with Gasteiger partial charge >= 0.3 is 0 Å². The van der Waals surface area contributed by atoms with Crippen LogP contribution in [0.15, 0.2) is 36.5 Å². The quantitative estimate of drug-likeness (QED) is 0.868. The summed E-state index contributed by atoms with van der Waals surface area (Å²) in [5, 5.41) is 10.3. The zero-order valence-corrected chi connectivity index (χ0v) is 15.5. The summed E-state index contributed by atoms with van der Waals surface area (Å²) in [6.07, 6.45) is 7.83. The van der Waals surface area contributed by atoms with Crippen LogP contribution in [0.25, 0.3) is 0 Å². The molecule has 2 aliphatic rings. The minimum atomic E-state index is 0.0661. The first-order valence-corrected chi connectivity index (χ1v) is 9.91. The molecule has 4 rings (SSSR count). The van der Waals surface area contributed by atoms with Crippen LogP contribution in [0.5, 0.6) is 0 Å². The first-order chi connectivity index (χ1) is 13.2. The van der Waals surface area contributed by atoms with Gasteiger partial charge in [-0.05, 0) is 37.8 Å². The maximum atomic E-state index is 12.8. The summed E-state index contributed by atoms with van der Waals surface area (Å²) in [5.74, 6) is 0.447. The highest BCUT2D eigenvalue weighted by Gasteiger charge is 2.29. The van der Waals surface area contributed by atoms with Crippen molar-refractivity contribution < 1.29 is 9.59 Å². The topological polar surface area (TPSA) is 78.1 Å². The average Bonchev–Trinajstić information content (AvgIpc) is 3.40. The van der Waals surface area contributed by atoms with Gasteiger partial charge in [-0.1, -0.05) is 31.0 Å². The first kappa shape index (κ1) is 17.8. The minimum absolute atomic E-state index is 0.0661. The molecule has 2 fully saturated rings. The Labute approximate surface area is 159 Å². The summed E-state index contributed by atoms with van der Waals surface area (Å²) < 4.78 is 0. The van der Waals surface area contributed by atoms with E-state index in [1.807, 2.05) is 35.2 Å². The fourth-order valence-electron chi connectivity index (χ4n) is 4.29. The number of piperidine rings is 1. The molecule has 142 valence electrons. The lowest BCUT2D eigenvalue weighted by Gasteiger charge is -2.32. The Bertz CT molecular complexity index is 796. The van der Waals surface area contributed by atoms with Gasteiger partial charge in [0.2, 0.25) is 5.91 Å². The third kappa shape index (κ3) is 3.89. The number of H-pyrrole nitrogens is 1. The van der Waals surface area contributed by atoms with Crippen LogP contribution in [-0.2, 0) is 4.79 Å². The SMILES string of the molecule is O=C(Nc1cn[nH]c1[C@@H]1CCCN(C(=O)c2ccccc2)C1)C1CCCC1. The summed E-state index contributed by atoms with van der Waals surface area (Å²) in [6, 6.07) is 9.41. The highest BCUT2D eigenvalue weighted by molar-refractivity contribution is 5.94. The number of anilines is 1. The van der Waals surface area contributed by atoms with E-state index in [2.05, 4.69) is 15.5 Å². The lowest BCUT2D eigenvalue weighted by atomic mass is 9.93. The van der Waals surface area contributed by atoms with E-state index < -0.39 is 0 Å². The molecule has 0 radical (unpaired) electrons. The predicted octanol–water partition coefficient (Wildman–Crippen LogP) is 3.56. The normalized spacial score (nSPS) is 20.6. The van der Waals surface area contributed by atoms with Crippen molar-refractivity contribution in [3.8, 4) is 0 Å². The van der Waals surface area contributed by atoms with E-state index in [1.54, 1.807) is 6.20 Å². The molecule has 6 heteroatoms. The molecule has 27 heavy (non-hydrogen) atoms. The van der Waals surface area contributed by atoms with Gasteiger partial charge in [0.05, 0.1) is 17.6 Å². The molecule has 2 aromatic rings. The van der Waals surface area contributed by atoms with Crippen molar-refractivity contribution in [2.45, 2.75) is 44.4 Å². The number of nitrogens with one attached hydrogen (secondary N) is 2. The fraction of sp³-hybridized carbons (Fsp3) is 0.476. The van der Waals surface area contributed by atoms with Crippen LogP contribution in [0.4, 0.5) is 5.69 Å². The number of benzene rings is 1. The van der Waals surface area contributed by atoms with E-state index in [1.165, 1.54) is 0 Å². The number of rotatable bonds is 4. The standard InChI is InChI=1S/C21H26N4O2/c26-20(15-7-4-5-8-15)23-18-13-22-24-19(18)17-11-6-12-25(14-17)21(27)16-9-2-1-3-10-16/h1-3,9-10,13,15,17H,4-8,11-12,14H2,(H,22,24)(H,23,26)/t17-/m1/s1. The van der Waals surface area contributed by atoms with Gasteiger partial charge in [0.1, 0.15) is 0 Å². The van der Waals surface area contributed by atoms with Crippen molar-refractivity contribution >= 4 is 17.5 Å². The summed E-state index contributed by atoms with van der Waals surface area (Å²) in [4.78, 5) is 27.2. The highest BCUT2D eigenvalue weighted by atomic mass is 16.2. The van der Waals surface area contributed by atoms with E-state index in [4.69, 9.17) is 0 Å². The molecule has 2 N–H and O–H groups in total. The van der Waals surface area contributed by atoms with Crippen molar-refractivity contribution in [1.82, 2.24) is 15.1 Å². The molecule has 1 aliphatic heterocycles. The van der Waals surface area contributed by atoms with Gasteiger partial charge in [-0.3, -0.25) is 14.7 Å². The number of amides is 2. The van der Waals surface area contributed by atoms with Crippen LogP contribution in [-0.4, -0.2) is 40.0 Å². The van der Waals surface area contributed by atoms with Crippen LogP contribution in [0.1, 0.15) is 60.5 Å². The Balaban J connectivity index is 1.45. The number of aromatic nitrogens is 2. The Hall–Kier alpha value is -2.63. The number of aromatic amines is 1. The lowest BCUT2D eigenvalue weighted by Crippen LogP contribution is -2.39. The molecular formula is C21H26N4O2. The molecule has 2 heterocycles. The summed E-state index contributed by atoms with van der Waals surface area (Å²) in [6.45, 7) is 1.41. The summed E-state index contributed by atoms with van der Waals surface area (Å²) >= 11 is 0. The zero-order chi connectivity index (χ0) is 18.6.